The topological polar surface area (TPSA) is 60.9 Å². The Bertz CT molecular complexity index is 380. The number of carboxylic acids is 1. The standard InChI is InChI=1S/C13H20N2O3/c1-2-13(11(16)17)6-9-15(10-13)12(18)14-7-4-3-5-8-14/h3-4H,2,5-10H2,1H3,(H,16,17). The number of amides is 2. The van der Waals surface area contributed by atoms with Crippen LogP contribution in [0.4, 0.5) is 4.79 Å². The van der Waals surface area contributed by atoms with Crippen molar-refractivity contribution in [3.8, 4) is 0 Å². The molecule has 5 heteroatoms. The normalized spacial score (nSPS) is 27.6. The Hall–Kier alpha value is -1.52. The van der Waals surface area contributed by atoms with Gasteiger partial charge in [0.25, 0.3) is 0 Å². The van der Waals surface area contributed by atoms with Crippen LogP contribution in [0, 0.1) is 5.41 Å². The van der Waals surface area contributed by atoms with Gasteiger partial charge in [0.1, 0.15) is 0 Å². The van der Waals surface area contributed by atoms with E-state index in [1.165, 1.54) is 0 Å². The molecule has 0 spiro atoms. The molecule has 0 saturated carbocycles. The predicted molar refractivity (Wildman–Crippen MR) is 67.3 cm³/mol. The van der Waals surface area contributed by atoms with Gasteiger partial charge in [0.2, 0.25) is 0 Å². The van der Waals surface area contributed by atoms with Crippen LogP contribution in [0.25, 0.3) is 0 Å². The average Bonchev–Trinajstić information content (AvgIpc) is 2.84. The van der Waals surface area contributed by atoms with E-state index in [2.05, 4.69) is 6.08 Å². The van der Waals surface area contributed by atoms with Gasteiger partial charge in [-0.25, -0.2) is 4.79 Å². The molecule has 100 valence electrons. The molecule has 1 fully saturated rings. The maximum Gasteiger partial charge on any atom is 0.320 e. The van der Waals surface area contributed by atoms with Crippen LogP contribution >= 0.6 is 0 Å². The molecule has 18 heavy (non-hydrogen) atoms. The van der Waals surface area contributed by atoms with Crippen LogP contribution in [0.1, 0.15) is 26.2 Å². The average molecular weight is 252 g/mol. The number of likely N-dealkylation sites (tertiary alicyclic amines) is 1. The summed E-state index contributed by atoms with van der Waals surface area (Å²) in [4.78, 5) is 27.1. The second-order valence-electron chi connectivity index (χ2n) is 5.10. The molecule has 2 amide bonds. The minimum atomic E-state index is -0.779. The molecule has 2 heterocycles. The van der Waals surface area contributed by atoms with E-state index in [1.807, 2.05) is 13.0 Å². The van der Waals surface area contributed by atoms with E-state index in [0.29, 0.717) is 32.5 Å². The van der Waals surface area contributed by atoms with Gasteiger partial charge in [-0.15, -0.1) is 0 Å². The molecule has 0 bridgehead atoms. The number of rotatable bonds is 2. The summed E-state index contributed by atoms with van der Waals surface area (Å²) in [5.41, 5.74) is -0.735. The summed E-state index contributed by atoms with van der Waals surface area (Å²) in [6, 6.07) is -0.0177. The van der Waals surface area contributed by atoms with Crippen molar-refractivity contribution >= 4 is 12.0 Å². The summed E-state index contributed by atoms with van der Waals surface area (Å²) in [6.07, 6.45) is 6.08. The summed E-state index contributed by atoms with van der Waals surface area (Å²) in [5.74, 6) is -0.779. The number of carbonyl (C=O) groups excluding carboxylic acids is 1. The lowest BCUT2D eigenvalue weighted by molar-refractivity contribution is -0.148. The highest BCUT2D eigenvalue weighted by Gasteiger charge is 2.45. The van der Waals surface area contributed by atoms with Crippen LogP contribution in [0.15, 0.2) is 12.2 Å². The molecular weight excluding hydrogens is 232 g/mol. The first-order valence-electron chi connectivity index (χ1n) is 6.51. The Morgan fingerprint density at radius 1 is 1.28 bits per heavy atom. The number of aliphatic carboxylic acids is 1. The Morgan fingerprint density at radius 3 is 2.56 bits per heavy atom. The Kier molecular flexibility index (Phi) is 3.59. The zero-order valence-corrected chi connectivity index (χ0v) is 10.8. The fraction of sp³-hybridized carbons (Fsp3) is 0.692. The van der Waals surface area contributed by atoms with Crippen molar-refractivity contribution in [3.63, 3.8) is 0 Å². The van der Waals surface area contributed by atoms with Crippen molar-refractivity contribution in [2.24, 2.45) is 5.41 Å². The van der Waals surface area contributed by atoms with Gasteiger partial charge in [0, 0.05) is 26.2 Å². The molecule has 0 aromatic heterocycles. The van der Waals surface area contributed by atoms with E-state index in [9.17, 15) is 14.7 Å². The first-order chi connectivity index (χ1) is 8.59. The number of hydrogen-bond acceptors (Lipinski definition) is 2. The molecular formula is C13H20N2O3. The molecule has 5 nitrogen and oxygen atoms in total. The second kappa shape index (κ2) is 5.00. The van der Waals surface area contributed by atoms with Crippen LogP contribution in [0.5, 0.6) is 0 Å². The molecule has 0 radical (unpaired) electrons. The summed E-state index contributed by atoms with van der Waals surface area (Å²) >= 11 is 0. The third-order valence-corrected chi connectivity index (χ3v) is 4.08. The van der Waals surface area contributed by atoms with Crippen molar-refractivity contribution in [1.29, 1.82) is 0 Å². The zero-order valence-electron chi connectivity index (χ0n) is 10.8. The summed E-state index contributed by atoms with van der Waals surface area (Å²) in [7, 11) is 0. The third kappa shape index (κ3) is 2.21. The number of carboxylic acid groups (broad SMARTS) is 1. The number of urea groups is 1. The second-order valence-corrected chi connectivity index (χ2v) is 5.10. The monoisotopic (exact) mass is 252 g/mol. The molecule has 2 rings (SSSR count). The lowest BCUT2D eigenvalue weighted by atomic mass is 9.84. The maximum absolute atomic E-state index is 12.3. The van der Waals surface area contributed by atoms with Crippen LogP contribution in [0.3, 0.4) is 0 Å². The molecule has 0 aliphatic carbocycles. The minimum absolute atomic E-state index is 0.0177. The molecule has 0 aromatic rings. The zero-order chi connectivity index (χ0) is 13.2. The van der Waals surface area contributed by atoms with Gasteiger partial charge in [-0.05, 0) is 19.3 Å². The van der Waals surface area contributed by atoms with Gasteiger partial charge in [-0.1, -0.05) is 19.1 Å². The van der Waals surface area contributed by atoms with E-state index < -0.39 is 11.4 Å². The number of carbonyl (C=O) groups is 2. The van der Waals surface area contributed by atoms with Crippen molar-refractivity contribution < 1.29 is 14.7 Å². The largest absolute Gasteiger partial charge is 0.481 e. The highest BCUT2D eigenvalue weighted by Crippen LogP contribution is 2.34. The summed E-state index contributed by atoms with van der Waals surface area (Å²) < 4.78 is 0. The SMILES string of the molecule is CCC1(C(=O)O)CCN(C(=O)N2CC=CCC2)C1. The summed E-state index contributed by atoms with van der Waals surface area (Å²) in [6.45, 7) is 4.16. The lowest BCUT2D eigenvalue weighted by Crippen LogP contribution is -2.45. The maximum atomic E-state index is 12.3. The highest BCUT2D eigenvalue weighted by molar-refractivity contribution is 5.80. The van der Waals surface area contributed by atoms with Gasteiger partial charge in [0.05, 0.1) is 5.41 Å². The predicted octanol–water partition coefficient (Wildman–Crippen LogP) is 1.56. The number of nitrogens with zero attached hydrogens (tertiary/aromatic N) is 2. The van der Waals surface area contributed by atoms with Crippen molar-refractivity contribution in [3.05, 3.63) is 12.2 Å². The van der Waals surface area contributed by atoms with Gasteiger partial charge < -0.3 is 14.9 Å². The molecule has 1 unspecified atom stereocenters. The van der Waals surface area contributed by atoms with Crippen LogP contribution < -0.4 is 0 Å². The smallest absolute Gasteiger partial charge is 0.320 e. The summed E-state index contributed by atoms with van der Waals surface area (Å²) in [5, 5.41) is 9.31. The van der Waals surface area contributed by atoms with Crippen LogP contribution in [-0.2, 0) is 4.79 Å². The van der Waals surface area contributed by atoms with E-state index in [4.69, 9.17) is 0 Å². The van der Waals surface area contributed by atoms with E-state index >= 15 is 0 Å². The molecule has 0 aromatic carbocycles. The quantitative estimate of drug-likeness (QED) is 0.759. The van der Waals surface area contributed by atoms with Gasteiger partial charge >= 0.3 is 12.0 Å². The third-order valence-electron chi connectivity index (χ3n) is 4.08. The van der Waals surface area contributed by atoms with Crippen molar-refractivity contribution in [2.75, 3.05) is 26.2 Å². The molecule has 1 atom stereocenters. The highest BCUT2D eigenvalue weighted by atomic mass is 16.4. The van der Waals surface area contributed by atoms with Crippen LogP contribution in [-0.4, -0.2) is 53.1 Å². The minimum Gasteiger partial charge on any atom is -0.481 e. The molecule has 1 saturated heterocycles. The first-order valence-corrected chi connectivity index (χ1v) is 6.51. The van der Waals surface area contributed by atoms with Crippen LogP contribution in [0.2, 0.25) is 0 Å². The molecule has 2 aliphatic heterocycles. The van der Waals surface area contributed by atoms with Crippen molar-refractivity contribution in [2.45, 2.75) is 26.2 Å². The Balaban J connectivity index is 2.01. The van der Waals surface area contributed by atoms with Gasteiger partial charge in [-0.2, -0.15) is 0 Å². The molecule has 2 aliphatic rings. The van der Waals surface area contributed by atoms with Gasteiger partial charge in [0.15, 0.2) is 0 Å². The first kappa shape index (κ1) is 12.9. The van der Waals surface area contributed by atoms with Gasteiger partial charge in [-0.3, -0.25) is 4.79 Å². The van der Waals surface area contributed by atoms with E-state index in [0.717, 1.165) is 13.0 Å². The fourth-order valence-electron chi connectivity index (χ4n) is 2.67. The van der Waals surface area contributed by atoms with E-state index in [1.54, 1.807) is 9.80 Å². The Morgan fingerprint density at radius 2 is 2.06 bits per heavy atom. The Labute approximate surface area is 107 Å². The molecule has 1 N–H and O–H groups in total. The fourth-order valence-corrected chi connectivity index (χ4v) is 2.67. The van der Waals surface area contributed by atoms with Crippen molar-refractivity contribution in [1.82, 2.24) is 9.80 Å². The number of hydrogen-bond donors (Lipinski definition) is 1. The van der Waals surface area contributed by atoms with E-state index in [-0.39, 0.29) is 6.03 Å². The lowest BCUT2D eigenvalue weighted by Gasteiger charge is -2.30.